The summed E-state index contributed by atoms with van der Waals surface area (Å²) < 4.78 is 29.1. The highest BCUT2D eigenvalue weighted by Gasteiger charge is 2.36. The van der Waals surface area contributed by atoms with Gasteiger partial charge < -0.3 is 5.32 Å². The molecule has 2 heterocycles. The number of hydrogen-bond donors (Lipinski definition) is 1. The second kappa shape index (κ2) is 7.20. The summed E-state index contributed by atoms with van der Waals surface area (Å²) in [4.78, 5) is 0. The lowest BCUT2D eigenvalue weighted by Crippen LogP contribution is -2.53. The highest BCUT2D eigenvalue weighted by molar-refractivity contribution is 7.86. The van der Waals surface area contributed by atoms with Crippen LogP contribution < -0.4 is 5.32 Å². The number of piperidine rings is 2. The first kappa shape index (κ1) is 16.2. The molecule has 2 saturated heterocycles. The zero-order chi connectivity index (χ0) is 14.6. The molecule has 2 aliphatic heterocycles. The lowest BCUT2D eigenvalue weighted by Gasteiger charge is -2.39. The summed E-state index contributed by atoms with van der Waals surface area (Å²) in [6.45, 7) is 8.07. The van der Waals surface area contributed by atoms with Crippen molar-refractivity contribution >= 4 is 10.2 Å². The van der Waals surface area contributed by atoms with Crippen molar-refractivity contribution in [2.24, 2.45) is 5.92 Å². The predicted molar refractivity (Wildman–Crippen MR) is 81.8 cm³/mol. The summed E-state index contributed by atoms with van der Waals surface area (Å²) in [5, 5.41) is 3.34. The molecule has 0 aromatic rings. The fourth-order valence-corrected chi connectivity index (χ4v) is 5.29. The maximum Gasteiger partial charge on any atom is 0.282 e. The van der Waals surface area contributed by atoms with Gasteiger partial charge in [0.25, 0.3) is 10.2 Å². The molecule has 2 rings (SSSR count). The molecular formula is C14H29N3O2S. The molecule has 2 aliphatic rings. The summed E-state index contributed by atoms with van der Waals surface area (Å²) in [7, 11) is -3.25. The van der Waals surface area contributed by atoms with Crippen molar-refractivity contribution < 1.29 is 8.42 Å². The zero-order valence-electron chi connectivity index (χ0n) is 12.8. The smallest absolute Gasteiger partial charge is 0.282 e. The van der Waals surface area contributed by atoms with Crippen molar-refractivity contribution in [3.63, 3.8) is 0 Å². The van der Waals surface area contributed by atoms with E-state index in [1.54, 1.807) is 8.61 Å². The third-order valence-electron chi connectivity index (χ3n) is 4.53. The van der Waals surface area contributed by atoms with E-state index in [0.717, 1.165) is 45.2 Å². The van der Waals surface area contributed by atoms with Crippen molar-refractivity contribution in [1.82, 2.24) is 13.9 Å². The molecule has 5 nitrogen and oxygen atoms in total. The molecule has 2 fully saturated rings. The Bertz CT molecular complexity index is 399. The first-order valence-electron chi connectivity index (χ1n) is 8.03. The van der Waals surface area contributed by atoms with Crippen molar-refractivity contribution in [2.45, 2.75) is 52.0 Å². The van der Waals surface area contributed by atoms with Gasteiger partial charge >= 0.3 is 0 Å². The molecule has 118 valence electrons. The maximum atomic E-state index is 12.8. The van der Waals surface area contributed by atoms with Gasteiger partial charge in [-0.2, -0.15) is 17.0 Å². The highest BCUT2D eigenvalue weighted by atomic mass is 32.2. The second-order valence-corrected chi connectivity index (χ2v) is 8.02. The summed E-state index contributed by atoms with van der Waals surface area (Å²) in [5.41, 5.74) is 0. The van der Waals surface area contributed by atoms with Crippen LogP contribution in [0.2, 0.25) is 0 Å². The molecule has 0 saturated carbocycles. The molecule has 0 spiro atoms. The van der Waals surface area contributed by atoms with Crippen LogP contribution in [-0.2, 0) is 10.2 Å². The summed E-state index contributed by atoms with van der Waals surface area (Å²) in [6, 6.07) is 0.155. The van der Waals surface area contributed by atoms with Gasteiger partial charge in [0.2, 0.25) is 0 Å². The van der Waals surface area contributed by atoms with E-state index in [2.05, 4.69) is 12.2 Å². The first-order valence-corrected chi connectivity index (χ1v) is 9.43. The number of nitrogens with one attached hydrogen (secondary N) is 1. The lowest BCUT2D eigenvalue weighted by atomic mass is 10.00. The molecule has 0 amide bonds. The standard InChI is InChI=1S/C14H29N3O2S/c1-3-15-11-14-8-6-9-16(12-14)20(18,19)17-10-5-4-7-13(17)2/h13-15H,3-12H2,1-2H3. The average Bonchev–Trinajstić information content (AvgIpc) is 2.45. The first-order chi connectivity index (χ1) is 9.55. The molecule has 0 radical (unpaired) electrons. The number of hydrogen-bond acceptors (Lipinski definition) is 3. The minimum Gasteiger partial charge on any atom is -0.317 e. The van der Waals surface area contributed by atoms with Crippen LogP contribution in [0.1, 0.15) is 46.0 Å². The van der Waals surface area contributed by atoms with Crippen LogP contribution in [0.15, 0.2) is 0 Å². The Morgan fingerprint density at radius 3 is 2.65 bits per heavy atom. The molecule has 6 heteroatoms. The minimum atomic E-state index is -3.25. The van der Waals surface area contributed by atoms with Crippen LogP contribution in [0.3, 0.4) is 0 Å². The summed E-state index contributed by atoms with van der Waals surface area (Å²) in [6.07, 6.45) is 5.26. The van der Waals surface area contributed by atoms with Gasteiger partial charge in [0.15, 0.2) is 0 Å². The van der Waals surface area contributed by atoms with Gasteiger partial charge in [0.1, 0.15) is 0 Å². The van der Waals surface area contributed by atoms with Crippen LogP contribution in [0.25, 0.3) is 0 Å². The molecule has 0 aromatic carbocycles. The topological polar surface area (TPSA) is 52.7 Å². The Morgan fingerprint density at radius 2 is 1.95 bits per heavy atom. The van der Waals surface area contributed by atoms with Crippen molar-refractivity contribution in [3.05, 3.63) is 0 Å². The molecule has 20 heavy (non-hydrogen) atoms. The van der Waals surface area contributed by atoms with E-state index in [0.29, 0.717) is 25.6 Å². The molecule has 1 N–H and O–H groups in total. The van der Waals surface area contributed by atoms with Crippen LogP contribution in [-0.4, -0.2) is 55.8 Å². The largest absolute Gasteiger partial charge is 0.317 e. The number of nitrogens with zero attached hydrogens (tertiary/aromatic N) is 2. The quantitative estimate of drug-likeness (QED) is 0.836. The average molecular weight is 303 g/mol. The Labute approximate surface area is 123 Å². The Hall–Kier alpha value is -0.170. The minimum absolute atomic E-state index is 0.155. The molecule has 2 atom stereocenters. The van der Waals surface area contributed by atoms with Crippen LogP contribution in [0, 0.1) is 5.92 Å². The van der Waals surface area contributed by atoms with Gasteiger partial charge in [-0.1, -0.05) is 13.3 Å². The molecular weight excluding hydrogens is 274 g/mol. The Kier molecular flexibility index (Phi) is 5.84. The molecule has 0 bridgehead atoms. The monoisotopic (exact) mass is 303 g/mol. The SMILES string of the molecule is CCNCC1CCCN(S(=O)(=O)N2CCCCC2C)C1. The van der Waals surface area contributed by atoms with Gasteiger partial charge in [-0.05, 0) is 51.6 Å². The van der Waals surface area contributed by atoms with Crippen molar-refractivity contribution in [1.29, 1.82) is 0 Å². The van der Waals surface area contributed by atoms with Gasteiger partial charge in [0, 0.05) is 25.7 Å². The van der Waals surface area contributed by atoms with Gasteiger partial charge in [-0.15, -0.1) is 0 Å². The maximum absolute atomic E-state index is 12.8. The molecule has 0 aromatic heterocycles. The fraction of sp³-hybridized carbons (Fsp3) is 1.00. The van der Waals surface area contributed by atoms with E-state index in [9.17, 15) is 8.42 Å². The number of rotatable bonds is 5. The second-order valence-electron chi connectivity index (χ2n) is 6.14. The zero-order valence-corrected chi connectivity index (χ0v) is 13.7. The predicted octanol–water partition coefficient (Wildman–Crippen LogP) is 1.43. The Morgan fingerprint density at radius 1 is 1.15 bits per heavy atom. The molecule has 2 unspecified atom stereocenters. The summed E-state index contributed by atoms with van der Waals surface area (Å²) in [5.74, 6) is 0.457. The molecule has 0 aliphatic carbocycles. The van der Waals surface area contributed by atoms with Crippen LogP contribution >= 0.6 is 0 Å². The van der Waals surface area contributed by atoms with E-state index < -0.39 is 10.2 Å². The van der Waals surface area contributed by atoms with Gasteiger partial charge in [-0.3, -0.25) is 0 Å². The van der Waals surface area contributed by atoms with Crippen molar-refractivity contribution in [3.8, 4) is 0 Å². The van der Waals surface area contributed by atoms with Crippen LogP contribution in [0.5, 0.6) is 0 Å². The van der Waals surface area contributed by atoms with E-state index in [1.807, 2.05) is 6.92 Å². The summed E-state index contributed by atoms with van der Waals surface area (Å²) >= 11 is 0. The van der Waals surface area contributed by atoms with E-state index >= 15 is 0 Å². The third-order valence-corrected chi connectivity index (χ3v) is 6.65. The Balaban J connectivity index is 2.00. The highest BCUT2D eigenvalue weighted by Crippen LogP contribution is 2.26. The van der Waals surface area contributed by atoms with Gasteiger partial charge in [-0.25, -0.2) is 0 Å². The van der Waals surface area contributed by atoms with E-state index in [4.69, 9.17) is 0 Å². The van der Waals surface area contributed by atoms with Gasteiger partial charge in [0.05, 0.1) is 0 Å². The lowest BCUT2D eigenvalue weighted by molar-refractivity contribution is 0.212. The normalized spacial score (nSPS) is 30.5. The van der Waals surface area contributed by atoms with Crippen molar-refractivity contribution in [2.75, 3.05) is 32.7 Å². The third kappa shape index (κ3) is 3.72. The van der Waals surface area contributed by atoms with E-state index in [-0.39, 0.29) is 6.04 Å². The van der Waals surface area contributed by atoms with E-state index in [1.165, 1.54) is 0 Å². The van der Waals surface area contributed by atoms with Crippen LogP contribution in [0.4, 0.5) is 0 Å². The fourth-order valence-electron chi connectivity index (χ4n) is 3.31.